The van der Waals surface area contributed by atoms with Crippen molar-refractivity contribution in [1.29, 1.82) is 0 Å². The molecule has 3 amide bonds. The number of likely N-dealkylation sites (tertiary alicyclic amines) is 2. The molecule has 3 unspecified atom stereocenters. The van der Waals surface area contributed by atoms with Crippen LogP contribution in [0, 0.1) is 5.92 Å². The van der Waals surface area contributed by atoms with Gasteiger partial charge < -0.3 is 15.1 Å². The normalized spacial score (nSPS) is 24.4. The first-order valence-corrected chi connectivity index (χ1v) is 13.2. The van der Waals surface area contributed by atoms with Crippen molar-refractivity contribution in [3.05, 3.63) is 65.7 Å². The molecule has 2 aromatic carbocycles. The third-order valence-corrected chi connectivity index (χ3v) is 7.94. The van der Waals surface area contributed by atoms with Gasteiger partial charge >= 0.3 is 0 Å². The van der Waals surface area contributed by atoms with Gasteiger partial charge in [0, 0.05) is 35.9 Å². The number of carbonyl (C=O) groups excluding carboxylic acids is 3. The average molecular weight is 474 g/mol. The number of nitrogens with zero attached hydrogens (tertiary/aromatic N) is 2. The van der Waals surface area contributed by atoms with E-state index in [0.717, 1.165) is 51.6 Å². The lowest BCUT2D eigenvalue weighted by molar-refractivity contribution is -0.120. The molecule has 2 saturated heterocycles. The van der Waals surface area contributed by atoms with Crippen LogP contribution in [0.5, 0.6) is 0 Å². The summed E-state index contributed by atoms with van der Waals surface area (Å²) in [5.74, 6) is 0.235. The van der Waals surface area contributed by atoms with Crippen LogP contribution >= 0.6 is 0 Å². The fraction of sp³-hybridized carbons (Fsp3) is 0.483. The maximum atomic E-state index is 13.5. The van der Waals surface area contributed by atoms with Crippen LogP contribution in [-0.2, 0) is 4.79 Å². The van der Waals surface area contributed by atoms with Gasteiger partial charge in [-0.25, -0.2) is 0 Å². The van der Waals surface area contributed by atoms with Crippen molar-refractivity contribution < 1.29 is 14.4 Å². The van der Waals surface area contributed by atoms with Gasteiger partial charge in [0.1, 0.15) is 6.04 Å². The molecule has 5 rings (SSSR count). The van der Waals surface area contributed by atoms with Gasteiger partial charge in [-0.05, 0) is 74.4 Å². The second-order valence-corrected chi connectivity index (χ2v) is 10.2. The van der Waals surface area contributed by atoms with Crippen LogP contribution in [0.4, 0.5) is 5.69 Å². The summed E-state index contributed by atoms with van der Waals surface area (Å²) in [7, 11) is 0. The molecule has 3 atom stereocenters. The Kier molecular flexibility index (Phi) is 7.16. The Balaban J connectivity index is 1.29. The van der Waals surface area contributed by atoms with Crippen LogP contribution in [0.25, 0.3) is 0 Å². The zero-order chi connectivity index (χ0) is 24.2. The van der Waals surface area contributed by atoms with Crippen LogP contribution < -0.4 is 5.32 Å². The second kappa shape index (κ2) is 10.6. The molecular formula is C29H35N3O3. The second-order valence-electron chi connectivity index (χ2n) is 10.2. The third kappa shape index (κ3) is 5.12. The van der Waals surface area contributed by atoms with Gasteiger partial charge in [0.15, 0.2) is 0 Å². The number of amides is 3. The number of hydrogen-bond acceptors (Lipinski definition) is 3. The summed E-state index contributed by atoms with van der Waals surface area (Å²) in [6, 6.07) is 16.1. The monoisotopic (exact) mass is 473 g/mol. The van der Waals surface area contributed by atoms with E-state index in [-0.39, 0.29) is 23.8 Å². The third-order valence-electron chi connectivity index (χ3n) is 7.94. The molecule has 1 N–H and O–H groups in total. The number of carbonyl (C=O) groups is 3. The maximum absolute atomic E-state index is 13.5. The number of hydrogen-bond donors (Lipinski definition) is 1. The molecule has 1 saturated carbocycles. The summed E-state index contributed by atoms with van der Waals surface area (Å²) in [5.41, 5.74) is 1.94. The molecule has 0 aromatic heterocycles. The number of fused-ring (bicyclic) bond motifs is 1. The molecule has 184 valence electrons. The summed E-state index contributed by atoms with van der Waals surface area (Å²) in [6.07, 6.45) is 9.48. The highest BCUT2D eigenvalue weighted by Crippen LogP contribution is 2.40. The topological polar surface area (TPSA) is 69.7 Å². The van der Waals surface area contributed by atoms with Gasteiger partial charge in [0.25, 0.3) is 11.8 Å². The van der Waals surface area contributed by atoms with E-state index in [2.05, 4.69) is 5.32 Å². The highest BCUT2D eigenvalue weighted by molar-refractivity contribution is 6.02. The molecule has 2 aromatic rings. The molecular weight excluding hydrogens is 438 g/mol. The summed E-state index contributed by atoms with van der Waals surface area (Å²) in [5, 5.41) is 3.03. The average Bonchev–Trinajstić information content (AvgIpc) is 3.08. The van der Waals surface area contributed by atoms with E-state index >= 15 is 0 Å². The van der Waals surface area contributed by atoms with Crippen molar-refractivity contribution in [2.75, 3.05) is 18.4 Å². The van der Waals surface area contributed by atoms with Crippen molar-refractivity contribution in [3.63, 3.8) is 0 Å². The van der Waals surface area contributed by atoms with E-state index in [1.807, 2.05) is 40.1 Å². The summed E-state index contributed by atoms with van der Waals surface area (Å²) in [4.78, 5) is 43.6. The minimum atomic E-state index is -0.478. The van der Waals surface area contributed by atoms with Crippen molar-refractivity contribution in [2.45, 2.75) is 69.9 Å². The van der Waals surface area contributed by atoms with Gasteiger partial charge in [0.05, 0.1) is 0 Å². The van der Waals surface area contributed by atoms with Crippen molar-refractivity contribution in [1.82, 2.24) is 9.80 Å². The summed E-state index contributed by atoms with van der Waals surface area (Å²) < 4.78 is 0. The first-order chi connectivity index (χ1) is 17.1. The minimum absolute atomic E-state index is 0.0569. The molecule has 3 fully saturated rings. The smallest absolute Gasteiger partial charge is 0.254 e. The molecule has 6 heteroatoms. The highest BCUT2D eigenvalue weighted by atomic mass is 16.2. The van der Waals surface area contributed by atoms with Crippen LogP contribution in [0.3, 0.4) is 0 Å². The number of rotatable bonds is 4. The molecule has 3 aliphatic rings. The van der Waals surface area contributed by atoms with Gasteiger partial charge in [0.2, 0.25) is 5.91 Å². The predicted octanol–water partition coefficient (Wildman–Crippen LogP) is 5.11. The first kappa shape index (κ1) is 23.6. The quantitative estimate of drug-likeness (QED) is 0.671. The van der Waals surface area contributed by atoms with E-state index < -0.39 is 6.04 Å². The van der Waals surface area contributed by atoms with Crippen molar-refractivity contribution in [3.8, 4) is 0 Å². The van der Waals surface area contributed by atoms with Crippen LogP contribution in [0.1, 0.15) is 78.5 Å². The van der Waals surface area contributed by atoms with E-state index in [9.17, 15) is 14.4 Å². The molecule has 0 radical (unpaired) electrons. The Morgan fingerprint density at radius 1 is 0.714 bits per heavy atom. The molecule has 0 spiro atoms. The summed E-state index contributed by atoms with van der Waals surface area (Å²) >= 11 is 0. The number of anilines is 1. The van der Waals surface area contributed by atoms with Crippen molar-refractivity contribution in [2.24, 2.45) is 5.92 Å². The SMILES string of the molecule is O=C(Nc1ccc(C(=O)N2CCCCCC2)cc1)C1CC2CCCCC2N1C(=O)c1ccccc1. The maximum Gasteiger partial charge on any atom is 0.254 e. The zero-order valence-corrected chi connectivity index (χ0v) is 20.3. The molecule has 2 aliphatic heterocycles. The fourth-order valence-corrected chi connectivity index (χ4v) is 6.09. The van der Waals surface area contributed by atoms with Gasteiger partial charge in [-0.1, -0.05) is 43.9 Å². The Bertz CT molecular complexity index is 1040. The number of nitrogens with one attached hydrogen (secondary N) is 1. The zero-order valence-electron chi connectivity index (χ0n) is 20.3. The van der Waals surface area contributed by atoms with E-state index in [1.165, 1.54) is 12.8 Å². The standard InChI is InChI=1S/C29H35N3O3/c33-27(30-24-16-14-22(15-17-24)28(34)31-18-8-1-2-9-19-31)26-20-23-12-6-7-13-25(23)32(26)29(35)21-10-4-3-5-11-21/h3-5,10-11,14-17,23,25-26H,1-2,6-9,12-13,18-20H2,(H,30,33). The Morgan fingerprint density at radius 2 is 1.37 bits per heavy atom. The first-order valence-electron chi connectivity index (χ1n) is 13.2. The molecule has 0 bridgehead atoms. The van der Waals surface area contributed by atoms with Crippen LogP contribution in [0.2, 0.25) is 0 Å². The Morgan fingerprint density at radius 3 is 2.09 bits per heavy atom. The molecule has 35 heavy (non-hydrogen) atoms. The van der Waals surface area contributed by atoms with Crippen LogP contribution in [0.15, 0.2) is 54.6 Å². The highest BCUT2D eigenvalue weighted by Gasteiger charge is 2.47. The lowest BCUT2D eigenvalue weighted by atomic mass is 9.84. The van der Waals surface area contributed by atoms with E-state index in [0.29, 0.717) is 29.2 Å². The molecule has 6 nitrogen and oxygen atoms in total. The largest absolute Gasteiger partial charge is 0.339 e. The Labute approximate surface area is 207 Å². The minimum Gasteiger partial charge on any atom is -0.339 e. The molecule has 1 aliphatic carbocycles. The fourth-order valence-electron chi connectivity index (χ4n) is 6.09. The van der Waals surface area contributed by atoms with Gasteiger partial charge in [-0.3, -0.25) is 14.4 Å². The predicted molar refractivity (Wildman–Crippen MR) is 136 cm³/mol. The van der Waals surface area contributed by atoms with E-state index in [4.69, 9.17) is 0 Å². The molecule has 2 heterocycles. The van der Waals surface area contributed by atoms with E-state index in [1.54, 1.807) is 24.3 Å². The van der Waals surface area contributed by atoms with Crippen molar-refractivity contribution >= 4 is 23.4 Å². The lowest BCUT2D eigenvalue weighted by Crippen LogP contribution is -2.47. The van der Waals surface area contributed by atoms with Crippen LogP contribution in [-0.4, -0.2) is 52.7 Å². The number of benzene rings is 2. The van der Waals surface area contributed by atoms with Gasteiger partial charge in [-0.2, -0.15) is 0 Å². The summed E-state index contributed by atoms with van der Waals surface area (Å²) in [6.45, 7) is 1.62. The Hall–Kier alpha value is -3.15. The van der Waals surface area contributed by atoms with Gasteiger partial charge in [-0.15, -0.1) is 0 Å². The lowest BCUT2D eigenvalue weighted by Gasteiger charge is -2.33.